The van der Waals surface area contributed by atoms with E-state index >= 15 is 0 Å². The van der Waals surface area contributed by atoms with Crippen LogP contribution in [0.4, 0.5) is 0 Å². The highest BCUT2D eigenvalue weighted by atomic mass is 16.6. The Kier molecular flexibility index (Phi) is 11.7. The Bertz CT molecular complexity index is 175. The molecule has 5 heteroatoms. The molecule has 0 saturated heterocycles. The molecule has 0 aliphatic carbocycles. The molecule has 0 spiro atoms. The fourth-order valence-corrected chi connectivity index (χ4v) is 1.42. The highest BCUT2D eigenvalue weighted by molar-refractivity contribution is 4.55. The topological polar surface area (TPSA) is 79.2 Å². The minimum atomic E-state index is -1.26. The fourth-order valence-electron chi connectivity index (χ4n) is 1.42. The van der Waals surface area contributed by atoms with Crippen LogP contribution < -0.4 is 0 Å². The van der Waals surface area contributed by atoms with Crippen LogP contribution in [0.2, 0.25) is 0 Å². The van der Waals surface area contributed by atoms with Gasteiger partial charge in [-0.1, -0.05) is 32.6 Å². The van der Waals surface area contributed by atoms with Gasteiger partial charge >= 0.3 is 0 Å². The minimum Gasteiger partial charge on any atom is -0.388 e. The van der Waals surface area contributed by atoms with Crippen LogP contribution in [0.3, 0.4) is 0 Å². The lowest BCUT2D eigenvalue weighted by Gasteiger charge is -2.17. The lowest BCUT2D eigenvalue weighted by atomic mass is 10.2. The van der Waals surface area contributed by atoms with Crippen LogP contribution in [0.15, 0.2) is 0 Å². The molecule has 3 atom stereocenters. The maximum atomic E-state index is 9.48. The number of hydrogen-bond acceptors (Lipinski definition) is 5. The quantitative estimate of drug-likeness (QED) is 0.363. The van der Waals surface area contributed by atoms with E-state index in [1.54, 1.807) is 0 Å². The van der Waals surface area contributed by atoms with Gasteiger partial charge in [0.25, 0.3) is 0 Å². The third-order valence-electron chi connectivity index (χ3n) is 2.57. The molecule has 0 radical (unpaired) electrons. The van der Waals surface area contributed by atoms with Crippen LogP contribution in [0, 0.1) is 0 Å². The predicted octanol–water partition coefficient (Wildman–Crippen LogP) is 1.05. The molecule has 0 fully saturated rings. The van der Waals surface area contributed by atoms with E-state index in [0.717, 1.165) is 12.8 Å². The van der Waals surface area contributed by atoms with Gasteiger partial charge in [0.15, 0.2) is 6.29 Å². The molecule has 0 heterocycles. The van der Waals surface area contributed by atoms with Crippen molar-refractivity contribution >= 4 is 0 Å². The SMILES string of the molecule is CCCCCCCOCC(O)COC(O)C(C)O. The molecular formula is C13H28O5. The Labute approximate surface area is 110 Å². The lowest BCUT2D eigenvalue weighted by molar-refractivity contribution is -0.173. The first-order chi connectivity index (χ1) is 8.57. The van der Waals surface area contributed by atoms with Crippen LogP contribution in [-0.2, 0) is 9.47 Å². The van der Waals surface area contributed by atoms with E-state index in [1.807, 2.05) is 0 Å². The van der Waals surface area contributed by atoms with E-state index < -0.39 is 18.5 Å². The highest BCUT2D eigenvalue weighted by Crippen LogP contribution is 2.03. The largest absolute Gasteiger partial charge is 0.388 e. The number of hydrogen-bond donors (Lipinski definition) is 3. The zero-order valence-corrected chi connectivity index (χ0v) is 11.5. The molecule has 0 aliphatic rings. The molecule has 0 aromatic rings. The van der Waals surface area contributed by atoms with Gasteiger partial charge in [0.2, 0.25) is 0 Å². The van der Waals surface area contributed by atoms with Gasteiger partial charge in [-0.2, -0.15) is 0 Å². The summed E-state index contributed by atoms with van der Waals surface area (Å²) < 4.78 is 10.1. The molecule has 0 rings (SSSR count). The Morgan fingerprint density at radius 3 is 2.22 bits per heavy atom. The van der Waals surface area contributed by atoms with Gasteiger partial charge in [0, 0.05) is 6.61 Å². The maximum Gasteiger partial charge on any atom is 0.180 e. The van der Waals surface area contributed by atoms with Crippen LogP contribution in [0.5, 0.6) is 0 Å². The second kappa shape index (κ2) is 11.9. The number of unbranched alkanes of at least 4 members (excludes halogenated alkanes) is 4. The second-order valence-corrected chi connectivity index (χ2v) is 4.61. The number of aliphatic hydroxyl groups is 3. The molecule has 0 saturated carbocycles. The number of rotatable bonds is 12. The number of ether oxygens (including phenoxy) is 2. The van der Waals surface area contributed by atoms with Crippen molar-refractivity contribution in [3.8, 4) is 0 Å². The molecule has 0 aromatic heterocycles. The smallest absolute Gasteiger partial charge is 0.180 e. The van der Waals surface area contributed by atoms with Gasteiger partial charge in [-0.3, -0.25) is 0 Å². The van der Waals surface area contributed by atoms with E-state index in [0.29, 0.717) is 6.61 Å². The molecule has 18 heavy (non-hydrogen) atoms. The molecule has 0 amide bonds. The summed E-state index contributed by atoms with van der Waals surface area (Å²) in [4.78, 5) is 0. The van der Waals surface area contributed by atoms with Crippen molar-refractivity contribution in [1.29, 1.82) is 0 Å². The first kappa shape index (κ1) is 17.8. The average molecular weight is 264 g/mol. The Balaban J connectivity index is 3.29. The summed E-state index contributed by atoms with van der Waals surface area (Å²) in [6, 6.07) is 0. The maximum absolute atomic E-state index is 9.48. The van der Waals surface area contributed by atoms with E-state index in [2.05, 4.69) is 6.92 Å². The molecule has 3 unspecified atom stereocenters. The molecule has 0 aromatic carbocycles. The van der Waals surface area contributed by atoms with Crippen LogP contribution in [-0.4, -0.2) is 53.6 Å². The van der Waals surface area contributed by atoms with Crippen molar-refractivity contribution in [2.24, 2.45) is 0 Å². The van der Waals surface area contributed by atoms with Crippen LogP contribution in [0.1, 0.15) is 46.0 Å². The average Bonchev–Trinajstić information content (AvgIpc) is 2.34. The van der Waals surface area contributed by atoms with Gasteiger partial charge in [-0.25, -0.2) is 0 Å². The highest BCUT2D eigenvalue weighted by Gasteiger charge is 2.13. The van der Waals surface area contributed by atoms with Crippen molar-refractivity contribution in [3.63, 3.8) is 0 Å². The van der Waals surface area contributed by atoms with Gasteiger partial charge in [-0.05, 0) is 13.3 Å². The van der Waals surface area contributed by atoms with E-state index in [-0.39, 0.29) is 13.2 Å². The Morgan fingerprint density at radius 2 is 1.61 bits per heavy atom. The summed E-state index contributed by atoms with van der Waals surface area (Å²) in [5, 5.41) is 27.6. The fraction of sp³-hybridized carbons (Fsp3) is 1.00. The van der Waals surface area contributed by atoms with Crippen molar-refractivity contribution in [2.75, 3.05) is 19.8 Å². The second-order valence-electron chi connectivity index (χ2n) is 4.61. The van der Waals surface area contributed by atoms with Crippen molar-refractivity contribution < 1.29 is 24.8 Å². The minimum absolute atomic E-state index is 0.0398. The summed E-state index contributed by atoms with van der Waals surface area (Å²) in [7, 11) is 0. The van der Waals surface area contributed by atoms with Crippen LogP contribution in [0.25, 0.3) is 0 Å². The van der Waals surface area contributed by atoms with Crippen molar-refractivity contribution in [1.82, 2.24) is 0 Å². The molecule has 110 valence electrons. The lowest BCUT2D eigenvalue weighted by Crippen LogP contribution is -2.31. The zero-order chi connectivity index (χ0) is 13.8. The first-order valence-corrected chi connectivity index (χ1v) is 6.81. The standard InChI is InChI=1S/C13H28O5/c1-3-4-5-6-7-8-17-9-12(15)10-18-13(16)11(2)14/h11-16H,3-10H2,1-2H3. The molecule has 0 bridgehead atoms. The van der Waals surface area contributed by atoms with Gasteiger partial charge in [-0.15, -0.1) is 0 Å². The zero-order valence-electron chi connectivity index (χ0n) is 11.5. The number of aliphatic hydroxyl groups excluding tert-OH is 3. The van der Waals surface area contributed by atoms with Crippen molar-refractivity contribution in [3.05, 3.63) is 0 Å². The predicted molar refractivity (Wildman–Crippen MR) is 69.2 cm³/mol. The molecular weight excluding hydrogens is 236 g/mol. The van der Waals surface area contributed by atoms with Crippen molar-refractivity contribution in [2.45, 2.75) is 64.4 Å². The summed E-state index contributed by atoms with van der Waals surface area (Å²) in [5.74, 6) is 0. The Hall–Kier alpha value is -0.200. The van der Waals surface area contributed by atoms with Gasteiger partial charge in [0.05, 0.1) is 13.2 Å². The summed E-state index contributed by atoms with van der Waals surface area (Å²) in [6.45, 7) is 4.39. The van der Waals surface area contributed by atoms with E-state index in [4.69, 9.17) is 19.7 Å². The molecule has 5 nitrogen and oxygen atoms in total. The molecule has 3 N–H and O–H groups in total. The van der Waals surface area contributed by atoms with E-state index in [9.17, 15) is 5.11 Å². The molecule has 0 aliphatic heterocycles. The van der Waals surface area contributed by atoms with Gasteiger partial charge in [0.1, 0.15) is 12.2 Å². The summed E-state index contributed by atoms with van der Waals surface area (Å²) >= 11 is 0. The van der Waals surface area contributed by atoms with Gasteiger partial charge < -0.3 is 24.8 Å². The Morgan fingerprint density at radius 1 is 0.944 bits per heavy atom. The third kappa shape index (κ3) is 10.9. The summed E-state index contributed by atoms with van der Waals surface area (Å²) in [6.07, 6.45) is 2.88. The van der Waals surface area contributed by atoms with Crippen LogP contribution >= 0.6 is 0 Å². The summed E-state index contributed by atoms with van der Waals surface area (Å²) in [5.41, 5.74) is 0. The van der Waals surface area contributed by atoms with E-state index in [1.165, 1.54) is 26.2 Å². The normalized spacial score (nSPS) is 16.5. The third-order valence-corrected chi connectivity index (χ3v) is 2.57. The monoisotopic (exact) mass is 264 g/mol. The first-order valence-electron chi connectivity index (χ1n) is 6.81.